The monoisotopic (exact) mass is 321 g/mol. The van der Waals surface area contributed by atoms with Gasteiger partial charge in [0.15, 0.2) is 11.6 Å². The maximum Gasteiger partial charge on any atom is 0.224 e. The van der Waals surface area contributed by atoms with Crippen molar-refractivity contribution >= 4 is 5.91 Å². The number of halogens is 2. The first-order chi connectivity index (χ1) is 10.9. The van der Waals surface area contributed by atoms with Gasteiger partial charge in [0.05, 0.1) is 18.6 Å². The van der Waals surface area contributed by atoms with E-state index in [0.717, 1.165) is 12.1 Å². The molecule has 2 unspecified atom stereocenters. The lowest BCUT2D eigenvalue weighted by atomic mass is 10.0. The molecule has 23 heavy (non-hydrogen) atoms. The second-order valence-corrected chi connectivity index (χ2v) is 5.32. The summed E-state index contributed by atoms with van der Waals surface area (Å²) in [6.07, 6.45) is -1.14. The van der Waals surface area contributed by atoms with Crippen molar-refractivity contribution in [2.45, 2.75) is 25.5 Å². The summed E-state index contributed by atoms with van der Waals surface area (Å²) in [5.41, 5.74) is 0.797. The Morgan fingerprint density at radius 2 is 1.91 bits per heavy atom. The molecule has 3 N–H and O–H groups in total. The zero-order valence-electron chi connectivity index (χ0n) is 12.5. The van der Waals surface area contributed by atoms with Crippen LogP contribution in [0, 0.1) is 11.6 Å². The second kappa shape index (κ2) is 7.19. The van der Waals surface area contributed by atoms with E-state index in [-0.39, 0.29) is 23.6 Å². The summed E-state index contributed by atoms with van der Waals surface area (Å²) in [7, 11) is 0. The van der Waals surface area contributed by atoms with Crippen LogP contribution in [0.3, 0.4) is 0 Å². The Morgan fingerprint density at radius 3 is 2.57 bits per heavy atom. The van der Waals surface area contributed by atoms with Gasteiger partial charge in [0.1, 0.15) is 5.75 Å². The number of hydrogen-bond acceptors (Lipinski definition) is 3. The first kappa shape index (κ1) is 16.9. The van der Waals surface area contributed by atoms with Gasteiger partial charge in [-0.3, -0.25) is 4.79 Å². The van der Waals surface area contributed by atoms with E-state index in [9.17, 15) is 23.8 Å². The highest BCUT2D eigenvalue weighted by Gasteiger charge is 2.20. The Balaban J connectivity index is 1.98. The van der Waals surface area contributed by atoms with Crippen molar-refractivity contribution < 1.29 is 23.8 Å². The lowest BCUT2D eigenvalue weighted by molar-refractivity contribution is -0.121. The number of phenols is 1. The van der Waals surface area contributed by atoms with Gasteiger partial charge in [-0.25, -0.2) is 8.78 Å². The number of hydrogen-bond donors (Lipinski definition) is 3. The van der Waals surface area contributed by atoms with E-state index in [1.54, 1.807) is 19.1 Å². The van der Waals surface area contributed by atoms with Crippen LogP contribution in [-0.4, -0.2) is 22.2 Å². The molecule has 0 saturated heterocycles. The number of aromatic hydroxyl groups is 1. The highest BCUT2D eigenvalue weighted by molar-refractivity contribution is 5.79. The van der Waals surface area contributed by atoms with Crippen LogP contribution in [-0.2, 0) is 11.2 Å². The van der Waals surface area contributed by atoms with Gasteiger partial charge in [0, 0.05) is 0 Å². The molecule has 2 rings (SSSR count). The lowest BCUT2D eigenvalue weighted by Crippen LogP contribution is -2.38. The Bertz CT molecular complexity index is 706. The number of aliphatic hydroxyl groups is 1. The Hall–Kier alpha value is -2.47. The van der Waals surface area contributed by atoms with Crippen molar-refractivity contribution in [2.24, 2.45) is 0 Å². The van der Waals surface area contributed by atoms with Crippen molar-refractivity contribution in [3.8, 4) is 5.75 Å². The lowest BCUT2D eigenvalue weighted by Gasteiger charge is -2.21. The van der Waals surface area contributed by atoms with Gasteiger partial charge in [-0.1, -0.05) is 18.2 Å². The third kappa shape index (κ3) is 4.50. The fourth-order valence-electron chi connectivity index (χ4n) is 2.22. The van der Waals surface area contributed by atoms with Crippen molar-refractivity contribution in [3.05, 3.63) is 65.2 Å². The summed E-state index contributed by atoms with van der Waals surface area (Å²) in [6.45, 7) is 1.56. The van der Waals surface area contributed by atoms with Gasteiger partial charge in [0.2, 0.25) is 5.91 Å². The first-order valence-electron chi connectivity index (χ1n) is 7.07. The van der Waals surface area contributed by atoms with Crippen LogP contribution in [0.4, 0.5) is 8.78 Å². The number of rotatable bonds is 5. The summed E-state index contributed by atoms with van der Waals surface area (Å²) in [5, 5.41) is 22.1. The molecule has 0 aromatic heterocycles. The zero-order valence-corrected chi connectivity index (χ0v) is 12.5. The van der Waals surface area contributed by atoms with Gasteiger partial charge in [-0.2, -0.15) is 0 Å². The number of carbonyl (C=O) groups excluding carboxylic acids is 1. The van der Waals surface area contributed by atoms with Crippen LogP contribution in [0.1, 0.15) is 24.2 Å². The van der Waals surface area contributed by atoms with E-state index in [4.69, 9.17) is 0 Å². The molecular formula is C17H17F2NO3. The molecule has 4 nitrogen and oxygen atoms in total. The van der Waals surface area contributed by atoms with Crippen molar-refractivity contribution in [1.29, 1.82) is 0 Å². The summed E-state index contributed by atoms with van der Waals surface area (Å²) in [6, 6.07) is 8.68. The topological polar surface area (TPSA) is 69.6 Å². The first-order valence-corrected chi connectivity index (χ1v) is 7.07. The van der Waals surface area contributed by atoms with Gasteiger partial charge in [-0.15, -0.1) is 0 Å². The molecular weight excluding hydrogens is 304 g/mol. The molecule has 0 aliphatic rings. The molecule has 0 spiro atoms. The summed E-state index contributed by atoms with van der Waals surface area (Å²) in [4.78, 5) is 12.0. The predicted molar refractivity (Wildman–Crippen MR) is 80.7 cm³/mol. The van der Waals surface area contributed by atoms with E-state index >= 15 is 0 Å². The highest BCUT2D eigenvalue weighted by Crippen LogP contribution is 2.19. The number of aliphatic hydroxyl groups excluding tert-OH is 1. The molecule has 0 aliphatic carbocycles. The molecule has 0 saturated carbocycles. The fraction of sp³-hybridized carbons (Fsp3) is 0.235. The maximum absolute atomic E-state index is 13.2. The molecule has 2 atom stereocenters. The molecule has 0 bridgehead atoms. The quantitative estimate of drug-likeness (QED) is 0.792. The average Bonchev–Trinajstić information content (AvgIpc) is 2.49. The molecule has 2 aromatic carbocycles. The molecule has 0 heterocycles. The van der Waals surface area contributed by atoms with E-state index in [1.165, 1.54) is 18.2 Å². The third-order valence-electron chi connectivity index (χ3n) is 3.42. The fourth-order valence-corrected chi connectivity index (χ4v) is 2.22. The third-order valence-corrected chi connectivity index (χ3v) is 3.42. The Morgan fingerprint density at radius 1 is 1.17 bits per heavy atom. The zero-order chi connectivity index (χ0) is 17.0. The smallest absolute Gasteiger partial charge is 0.224 e. The molecule has 0 radical (unpaired) electrons. The van der Waals surface area contributed by atoms with E-state index in [2.05, 4.69) is 5.32 Å². The van der Waals surface area contributed by atoms with Gasteiger partial charge >= 0.3 is 0 Å². The second-order valence-electron chi connectivity index (χ2n) is 5.32. The van der Waals surface area contributed by atoms with Crippen LogP contribution in [0.2, 0.25) is 0 Å². The van der Waals surface area contributed by atoms with E-state index < -0.39 is 23.8 Å². The van der Waals surface area contributed by atoms with Crippen molar-refractivity contribution in [1.82, 2.24) is 5.32 Å². The van der Waals surface area contributed by atoms with Crippen molar-refractivity contribution in [3.63, 3.8) is 0 Å². The average molecular weight is 321 g/mol. The minimum Gasteiger partial charge on any atom is -0.508 e. The number of phenolic OH excluding ortho intramolecular Hbond substituents is 1. The number of carbonyl (C=O) groups is 1. The summed E-state index contributed by atoms with van der Waals surface area (Å²) >= 11 is 0. The maximum atomic E-state index is 13.2. The Labute approximate surface area is 132 Å². The van der Waals surface area contributed by atoms with E-state index in [1.807, 2.05) is 0 Å². The highest BCUT2D eigenvalue weighted by atomic mass is 19.2. The molecule has 1 amide bonds. The summed E-state index contributed by atoms with van der Waals surface area (Å²) < 4.78 is 26.1. The van der Waals surface area contributed by atoms with Crippen LogP contribution in [0.5, 0.6) is 5.75 Å². The largest absolute Gasteiger partial charge is 0.508 e. The van der Waals surface area contributed by atoms with Crippen LogP contribution in [0.15, 0.2) is 42.5 Å². The molecule has 2 aromatic rings. The molecule has 0 aliphatic heterocycles. The van der Waals surface area contributed by atoms with E-state index in [0.29, 0.717) is 5.56 Å². The van der Waals surface area contributed by atoms with Crippen molar-refractivity contribution in [2.75, 3.05) is 0 Å². The minimum absolute atomic E-state index is 0.0310. The molecule has 122 valence electrons. The van der Waals surface area contributed by atoms with Gasteiger partial charge in [-0.05, 0) is 42.3 Å². The normalized spacial score (nSPS) is 13.4. The van der Waals surface area contributed by atoms with Crippen LogP contribution < -0.4 is 5.32 Å². The van der Waals surface area contributed by atoms with Crippen LogP contribution in [0.25, 0.3) is 0 Å². The van der Waals surface area contributed by atoms with Gasteiger partial charge < -0.3 is 15.5 Å². The summed E-state index contributed by atoms with van der Waals surface area (Å²) in [5.74, 6) is -2.35. The molecule has 6 heteroatoms. The minimum atomic E-state index is -1.17. The van der Waals surface area contributed by atoms with Gasteiger partial charge in [0.25, 0.3) is 0 Å². The SMILES string of the molecule is CC(NC(=O)Cc1cccc(O)c1)C(O)c1ccc(F)c(F)c1. The number of benzene rings is 2. The predicted octanol–water partition coefficient (Wildman–Crippen LogP) is 2.45. The Kier molecular flexibility index (Phi) is 5.28. The standard InChI is InChI=1S/C17H17F2NO3/c1-10(17(23)12-5-6-14(18)15(19)9-12)20-16(22)8-11-3-2-4-13(21)7-11/h2-7,9-10,17,21,23H,8H2,1H3,(H,20,22). The van der Waals surface area contributed by atoms with Crippen LogP contribution >= 0.6 is 0 Å². The number of nitrogens with one attached hydrogen (secondary N) is 1. The molecule has 0 fully saturated rings. The number of amides is 1.